The Morgan fingerprint density at radius 1 is 1.05 bits per heavy atom. The van der Waals surface area contributed by atoms with E-state index in [1.807, 2.05) is 44.2 Å². The molecule has 0 saturated heterocycles. The Morgan fingerprint density at radius 3 is 2.35 bits per heavy atom. The summed E-state index contributed by atoms with van der Waals surface area (Å²) in [5.41, 5.74) is 0.0854. The van der Waals surface area contributed by atoms with Crippen molar-refractivity contribution in [1.29, 1.82) is 0 Å². The lowest BCUT2D eigenvalue weighted by Gasteiger charge is -2.31. The molecular weight excluding hydrogens is 594 g/mol. The van der Waals surface area contributed by atoms with Crippen molar-refractivity contribution in [1.82, 2.24) is 14.9 Å². The summed E-state index contributed by atoms with van der Waals surface area (Å²) >= 11 is 1.36. The summed E-state index contributed by atoms with van der Waals surface area (Å²) < 4.78 is 44.9. The molecule has 0 radical (unpaired) electrons. The Balaban J connectivity index is 1.86. The molecule has 2 unspecified atom stereocenters. The number of fused-ring (bicyclic) bond motifs is 1. The summed E-state index contributed by atoms with van der Waals surface area (Å²) in [6, 6.07) is 11.8. The van der Waals surface area contributed by atoms with E-state index in [1.54, 1.807) is 33.1 Å². The van der Waals surface area contributed by atoms with Crippen molar-refractivity contribution in [2.24, 2.45) is 5.92 Å². The van der Waals surface area contributed by atoms with Crippen molar-refractivity contribution >= 4 is 33.8 Å². The quantitative estimate of drug-likeness (QED) is 0.284. The highest BCUT2D eigenvalue weighted by molar-refractivity contribution is 7.98. The Bertz CT molecular complexity index is 1330. The second-order valence-corrected chi connectivity index (χ2v) is 14.6. The zero-order valence-electron chi connectivity index (χ0n) is 25.5. The smallest absolute Gasteiger partial charge is 0.408 e. The first-order valence-electron chi connectivity index (χ1n) is 14.1. The van der Waals surface area contributed by atoms with E-state index >= 15 is 0 Å². The van der Waals surface area contributed by atoms with Crippen LogP contribution in [-0.4, -0.2) is 85.5 Å². The highest BCUT2D eigenvalue weighted by Crippen LogP contribution is 2.35. The lowest BCUT2D eigenvalue weighted by molar-refractivity contribution is -0.124. The van der Waals surface area contributed by atoms with E-state index in [2.05, 4.69) is 10.6 Å². The number of rotatable bonds is 14. The van der Waals surface area contributed by atoms with E-state index in [-0.39, 0.29) is 42.9 Å². The van der Waals surface area contributed by atoms with Crippen LogP contribution in [0.2, 0.25) is 0 Å². The number of hydrogen-bond donors (Lipinski definition) is 3. The number of amides is 2. The highest BCUT2D eigenvalue weighted by Gasteiger charge is 2.34. The summed E-state index contributed by atoms with van der Waals surface area (Å²) in [6.45, 7) is 8.80. The molecule has 3 atom stereocenters. The van der Waals surface area contributed by atoms with Crippen molar-refractivity contribution in [2.75, 3.05) is 31.9 Å². The molecule has 2 aromatic rings. The van der Waals surface area contributed by atoms with Gasteiger partial charge in [0.1, 0.15) is 11.6 Å². The van der Waals surface area contributed by atoms with Crippen molar-refractivity contribution in [3.63, 3.8) is 0 Å². The summed E-state index contributed by atoms with van der Waals surface area (Å²) in [7, 11) is -4.06. The third kappa shape index (κ3) is 10.3. The minimum absolute atomic E-state index is 0.00837. The molecule has 0 fully saturated rings. The molecule has 2 aromatic carbocycles. The van der Waals surface area contributed by atoms with Gasteiger partial charge in [0.15, 0.2) is 11.5 Å². The first-order valence-corrected chi connectivity index (χ1v) is 16.9. The molecule has 1 aliphatic heterocycles. The Kier molecular flexibility index (Phi) is 12.1. The highest BCUT2D eigenvalue weighted by atomic mass is 32.2. The van der Waals surface area contributed by atoms with Crippen LogP contribution in [0.25, 0.3) is 0 Å². The number of hydrogen-bond acceptors (Lipinski definition) is 9. The summed E-state index contributed by atoms with van der Waals surface area (Å²) in [5.74, 6) is 0.478. The minimum Gasteiger partial charge on any atom is -0.454 e. The van der Waals surface area contributed by atoms with E-state index in [9.17, 15) is 23.1 Å². The number of carbonyl (C=O) groups excluding carboxylic acids is 2. The summed E-state index contributed by atoms with van der Waals surface area (Å²) in [4.78, 5) is 25.9. The predicted octanol–water partition coefficient (Wildman–Crippen LogP) is 3.41. The van der Waals surface area contributed by atoms with E-state index in [0.717, 1.165) is 5.56 Å². The van der Waals surface area contributed by atoms with Crippen LogP contribution in [0.4, 0.5) is 4.79 Å². The summed E-state index contributed by atoms with van der Waals surface area (Å²) in [5, 5.41) is 17.0. The van der Waals surface area contributed by atoms with Gasteiger partial charge in [-0.3, -0.25) is 4.79 Å². The van der Waals surface area contributed by atoms with Crippen LogP contribution in [0.5, 0.6) is 11.5 Å². The zero-order chi connectivity index (χ0) is 31.8. The molecule has 3 rings (SSSR count). The van der Waals surface area contributed by atoms with Gasteiger partial charge in [-0.05, 0) is 57.1 Å². The third-order valence-corrected chi connectivity index (χ3v) is 8.87. The van der Waals surface area contributed by atoms with E-state index in [1.165, 1.54) is 28.2 Å². The second-order valence-electron chi connectivity index (χ2n) is 11.8. The SMILES string of the molecule is CSCC(NC(=O)OC(C)(C)C)C(=O)NC(Cc1ccccc1)[C@H](O)CN(CC(C)C)S(=O)(=O)c1ccc2c(c1)OCO2. The van der Waals surface area contributed by atoms with Crippen molar-refractivity contribution in [2.45, 2.75) is 69.7 Å². The molecule has 0 spiro atoms. The number of benzene rings is 2. The molecule has 2 amide bonds. The number of aliphatic hydroxyl groups is 1. The van der Waals surface area contributed by atoms with Gasteiger partial charge in [-0.15, -0.1) is 0 Å². The standard InChI is InChI=1S/C30H43N3O8S2/c1-20(2)16-33(43(37,38)22-12-13-26-27(15-22)40-19-39-26)17-25(34)23(14-21-10-8-7-9-11-21)31-28(35)24(18-42-6)32-29(36)41-30(3,4)5/h7-13,15,20,23-25,34H,14,16-19H2,1-6H3,(H,31,35)(H,32,36)/t23?,24?,25-/m1/s1. The van der Waals surface area contributed by atoms with Gasteiger partial charge >= 0.3 is 6.09 Å². The van der Waals surface area contributed by atoms with Crippen LogP contribution in [-0.2, 0) is 26.0 Å². The minimum atomic E-state index is -4.06. The number of carbonyl (C=O) groups is 2. The zero-order valence-corrected chi connectivity index (χ0v) is 27.2. The third-order valence-electron chi connectivity index (χ3n) is 6.37. The van der Waals surface area contributed by atoms with E-state index < -0.39 is 45.8 Å². The largest absolute Gasteiger partial charge is 0.454 e. The van der Waals surface area contributed by atoms with Gasteiger partial charge in [0.05, 0.1) is 17.0 Å². The summed E-state index contributed by atoms with van der Waals surface area (Å²) in [6.07, 6.45) is 0.00658. The van der Waals surface area contributed by atoms with Gasteiger partial charge in [-0.2, -0.15) is 16.1 Å². The average Bonchev–Trinajstić information content (AvgIpc) is 3.39. The van der Waals surface area contributed by atoms with Crippen molar-refractivity contribution < 1.29 is 37.3 Å². The van der Waals surface area contributed by atoms with E-state index in [0.29, 0.717) is 11.5 Å². The molecular formula is C30H43N3O8S2. The molecule has 13 heteroatoms. The lowest BCUT2D eigenvalue weighted by Crippen LogP contribution is -2.56. The van der Waals surface area contributed by atoms with E-state index in [4.69, 9.17) is 14.2 Å². The molecule has 11 nitrogen and oxygen atoms in total. The molecule has 43 heavy (non-hydrogen) atoms. The topological polar surface area (TPSA) is 143 Å². The molecule has 0 bridgehead atoms. The molecule has 3 N–H and O–H groups in total. The van der Waals surface area contributed by atoms with Gasteiger partial charge in [-0.1, -0.05) is 44.2 Å². The number of sulfonamides is 1. The van der Waals surface area contributed by atoms with Gasteiger partial charge in [0.2, 0.25) is 22.7 Å². The predicted molar refractivity (Wildman–Crippen MR) is 166 cm³/mol. The number of nitrogens with one attached hydrogen (secondary N) is 2. The molecule has 238 valence electrons. The monoisotopic (exact) mass is 637 g/mol. The molecule has 1 aliphatic rings. The van der Waals surface area contributed by atoms with Crippen LogP contribution in [0.3, 0.4) is 0 Å². The van der Waals surface area contributed by atoms with Crippen LogP contribution >= 0.6 is 11.8 Å². The van der Waals surface area contributed by atoms with Crippen molar-refractivity contribution in [3.05, 3.63) is 54.1 Å². The first-order chi connectivity index (χ1) is 20.2. The normalized spacial score (nSPS) is 15.2. The maximum atomic E-state index is 13.8. The van der Waals surface area contributed by atoms with Gasteiger partial charge < -0.3 is 30.0 Å². The molecule has 1 heterocycles. The lowest BCUT2D eigenvalue weighted by atomic mass is 10.0. The number of ether oxygens (including phenoxy) is 3. The Morgan fingerprint density at radius 2 is 1.72 bits per heavy atom. The number of thioether (sulfide) groups is 1. The molecule has 0 aromatic heterocycles. The van der Waals surface area contributed by atoms with Crippen molar-refractivity contribution in [3.8, 4) is 11.5 Å². The van der Waals surface area contributed by atoms with Gasteiger partial charge in [-0.25, -0.2) is 13.2 Å². The molecule has 0 saturated carbocycles. The Hall–Kier alpha value is -3.00. The van der Waals surface area contributed by atoms with Crippen LogP contribution in [0, 0.1) is 5.92 Å². The van der Waals surface area contributed by atoms with Crippen LogP contribution in [0.1, 0.15) is 40.2 Å². The number of aliphatic hydroxyl groups excluding tert-OH is 1. The van der Waals surface area contributed by atoms with Gasteiger partial charge in [0, 0.05) is 24.9 Å². The maximum absolute atomic E-state index is 13.8. The fourth-order valence-corrected chi connectivity index (χ4v) is 6.64. The van der Waals surface area contributed by atoms with Crippen LogP contribution < -0.4 is 20.1 Å². The number of nitrogens with zero attached hydrogens (tertiary/aromatic N) is 1. The van der Waals surface area contributed by atoms with Crippen LogP contribution in [0.15, 0.2) is 53.4 Å². The molecule has 0 aliphatic carbocycles. The maximum Gasteiger partial charge on any atom is 0.408 e. The van der Waals surface area contributed by atoms with Gasteiger partial charge in [0.25, 0.3) is 0 Å². The fraction of sp³-hybridized carbons (Fsp3) is 0.533. The average molecular weight is 638 g/mol. The number of alkyl carbamates (subject to hydrolysis) is 1. The fourth-order valence-electron chi connectivity index (χ4n) is 4.43. The Labute approximate surface area is 258 Å². The first kappa shape index (κ1) is 34.5. The second kappa shape index (κ2) is 15.1.